The van der Waals surface area contributed by atoms with Crippen LogP contribution in [0.5, 0.6) is 0 Å². The highest BCUT2D eigenvalue weighted by Crippen LogP contribution is 2.18. The van der Waals surface area contributed by atoms with Gasteiger partial charge in [-0.25, -0.2) is 8.42 Å². The summed E-state index contributed by atoms with van der Waals surface area (Å²) in [4.78, 5) is 0. The van der Waals surface area contributed by atoms with E-state index in [-0.39, 0.29) is 11.5 Å². The molecule has 0 saturated carbocycles. The van der Waals surface area contributed by atoms with Crippen LogP contribution in [0.1, 0.15) is 5.69 Å². The Morgan fingerprint density at radius 1 is 1.58 bits per heavy atom. The first kappa shape index (κ1) is 7.60. The summed E-state index contributed by atoms with van der Waals surface area (Å²) >= 11 is 0. The fourth-order valence-electron chi connectivity index (χ4n) is 1.28. The Bertz CT molecular complexity index is 406. The maximum atomic E-state index is 11.2. The third kappa shape index (κ3) is 1.08. The fraction of sp³-hybridized carbons (Fsp3) is 0.500. The summed E-state index contributed by atoms with van der Waals surface area (Å²) in [7, 11) is -2.93. The largest absolute Gasteiger partial charge is 0.396 e. The molecule has 1 aromatic rings. The van der Waals surface area contributed by atoms with Crippen molar-refractivity contribution >= 4 is 15.5 Å². The summed E-state index contributed by atoms with van der Waals surface area (Å²) in [5.74, 6) is 0.194. The fourth-order valence-corrected chi connectivity index (χ4v) is 2.61. The van der Waals surface area contributed by atoms with Crippen LogP contribution < -0.4 is 5.73 Å². The maximum absolute atomic E-state index is 11.2. The molecule has 0 radical (unpaired) electrons. The second-order valence-corrected chi connectivity index (χ2v) is 5.05. The summed E-state index contributed by atoms with van der Waals surface area (Å²) in [6.45, 7) is 0.425. The molecule has 0 unspecified atom stereocenters. The predicted molar refractivity (Wildman–Crippen MR) is 44.1 cm³/mol. The van der Waals surface area contributed by atoms with Crippen LogP contribution in [0, 0.1) is 0 Å². The molecule has 1 aliphatic rings. The molecule has 0 bridgehead atoms. The molecule has 0 atom stereocenters. The zero-order valence-electron chi connectivity index (χ0n) is 6.40. The molecule has 6 heteroatoms. The highest BCUT2D eigenvalue weighted by Gasteiger charge is 2.23. The van der Waals surface area contributed by atoms with Crippen molar-refractivity contribution in [3.63, 3.8) is 0 Å². The van der Waals surface area contributed by atoms with Gasteiger partial charge in [0.05, 0.1) is 35.6 Å². The second kappa shape index (κ2) is 2.22. The Labute approximate surface area is 70.1 Å². The third-order valence-electron chi connectivity index (χ3n) is 1.95. The Hall–Kier alpha value is -1.04. The van der Waals surface area contributed by atoms with Gasteiger partial charge >= 0.3 is 0 Å². The number of sulfone groups is 1. The van der Waals surface area contributed by atoms with E-state index in [1.807, 2.05) is 0 Å². The summed E-state index contributed by atoms with van der Waals surface area (Å²) in [6.07, 6.45) is 1.50. The molecular formula is C6H9N3O2S. The van der Waals surface area contributed by atoms with Gasteiger partial charge < -0.3 is 5.73 Å². The van der Waals surface area contributed by atoms with Crippen LogP contribution in [0.4, 0.5) is 5.69 Å². The number of rotatable bonds is 0. The van der Waals surface area contributed by atoms with Crippen molar-refractivity contribution in [2.75, 3.05) is 11.5 Å². The standard InChI is InChI=1S/C6H9N3O2S/c7-5-3-8-9-1-2-12(10,11)4-6(5)9/h3H,1-2,4,7H2. The monoisotopic (exact) mass is 187 g/mol. The second-order valence-electron chi connectivity index (χ2n) is 2.86. The van der Waals surface area contributed by atoms with Gasteiger partial charge in [0, 0.05) is 0 Å². The quantitative estimate of drug-likeness (QED) is 0.588. The normalized spacial score (nSPS) is 20.3. The Kier molecular flexibility index (Phi) is 1.41. The lowest BCUT2D eigenvalue weighted by Gasteiger charge is -2.14. The molecule has 0 aromatic carbocycles. The van der Waals surface area contributed by atoms with E-state index in [2.05, 4.69) is 5.10 Å². The van der Waals surface area contributed by atoms with Crippen molar-refractivity contribution in [3.05, 3.63) is 11.9 Å². The van der Waals surface area contributed by atoms with Gasteiger partial charge in [-0.3, -0.25) is 4.68 Å². The van der Waals surface area contributed by atoms with E-state index in [0.29, 0.717) is 17.9 Å². The number of aromatic nitrogens is 2. The molecular weight excluding hydrogens is 178 g/mol. The van der Waals surface area contributed by atoms with E-state index >= 15 is 0 Å². The van der Waals surface area contributed by atoms with Crippen molar-refractivity contribution in [1.29, 1.82) is 0 Å². The molecule has 0 amide bonds. The van der Waals surface area contributed by atoms with Gasteiger partial charge in [-0.2, -0.15) is 5.10 Å². The maximum Gasteiger partial charge on any atom is 0.157 e. The Balaban J connectivity index is 2.52. The van der Waals surface area contributed by atoms with Crippen molar-refractivity contribution in [1.82, 2.24) is 9.78 Å². The van der Waals surface area contributed by atoms with Crippen LogP contribution >= 0.6 is 0 Å². The van der Waals surface area contributed by atoms with E-state index in [1.54, 1.807) is 4.68 Å². The first-order valence-corrected chi connectivity index (χ1v) is 5.41. The molecule has 12 heavy (non-hydrogen) atoms. The summed E-state index contributed by atoms with van der Waals surface area (Å²) in [5, 5.41) is 3.95. The van der Waals surface area contributed by atoms with E-state index in [4.69, 9.17) is 5.73 Å². The predicted octanol–water partition coefficient (Wildman–Crippen LogP) is -0.606. The first-order valence-electron chi connectivity index (χ1n) is 3.59. The molecule has 2 N–H and O–H groups in total. The Morgan fingerprint density at radius 3 is 3.08 bits per heavy atom. The molecule has 0 fully saturated rings. The minimum absolute atomic E-state index is 0.0266. The number of nitrogens with two attached hydrogens (primary N) is 1. The van der Waals surface area contributed by atoms with Crippen LogP contribution in [-0.4, -0.2) is 24.0 Å². The molecule has 0 spiro atoms. The van der Waals surface area contributed by atoms with Gasteiger partial charge in [-0.05, 0) is 0 Å². The molecule has 2 heterocycles. The molecule has 0 aliphatic carbocycles. The lowest BCUT2D eigenvalue weighted by Crippen LogP contribution is -2.24. The third-order valence-corrected chi connectivity index (χ3v) is 3.47. The van der Waals surface area contributed by atoms with Gasteiger partial charge in [0.25, 0.3) is 0 Å². The molecule has 2 rings (SSSR count). The zero-order valence-corrected chi connectivity index (χ0v) is 7.21. The average molecular weight is 187 g/mol. The van der Waals surface area contributed by atoms with E-state index in [1.165, 1.54) is 6.20 Å². The topological polar surface area (TPSA) is 78.0 Å². The summed E-state index contributed by atoms with van der Waals surface area (Å²) in [6, 6.07) is 0. The Morgan fingerprint density at radius 2 is 2.33 bits per heavy atom. The number of nitrogen functional groups attached to an aromatic ring is 1. The van der Waals surface area contributed by atoms with Crippen LogP contribution in [0.25, 0.3) is 0 Å². The molecule has 1 aliphatic heterocycles. The number of hydrogen-bond donors (Lipinski definition) is 1. The van der Waals surface area contributed by atoms with Crippen molar-refractivity contribution in [3.8, 4) is 0 Å². The van der Waals surface area contributed by atoms with Crippen LogP contribution in [0.3, 0.4) is 0 Å². The van der Waals surface area contributed by atoms with E-state index in [0.717, 1.165) is 0 Å². The summed E-state index contributed by atoms with van der Waals surface area (Å²) < 4.78 is 24.0. The van der Waals surface area contributed by atoms with Crippen LogP contribution in [-0.2, 0) is 22.1 Å². The number of nitrogens with zero attached hydrogens (tertiary/aromatic N) is 2. The highest BCUT2D eigenvalue weighted by molar-refractivity contribution is 7.90. The molecule has 1 aromatic heterocycles. The number of hydrogen-bond acceptors (Lipinski definition) is 4. The van der Waals surface area contributed by atoms with Crippen LogP contribution in [0.15, 0.2) is 6.20 Å². The van der Waals surface area contributed by atoms with Gasteiger partial charge in [-0.1, -0.05) is 0 Å². The first-order chi connectivity index (χ1) is 5.58. The smallest absolute Gasteiger partial charge is 0.157 e. The number of anilines is 1. The van der Waals surface area contributed by atoms with Crippen molar-refractivity contribution < 1.29 is 8.42 Å². The van der Waals surface area contributed by atoms with Crippen molar-refractivity contribution in [2.45, 2.75) is 12.3 Å². The van der Waals surface area contributed by atoms with Gasteiger partial charge in [-0.15, -0.1) is 0 Å². The molecule has 66 valence electrons. The lowest BCUT2D eigenvalue weighted by molar-refractivity contribution is 0.555. The van der Waals surface area contributed by atoms with Gasteiger partial charge in [0.15, 0.2) is 9.84 Å². The van der Waals surface area contributed by atoms with Gasteiger partial charge in [0.2, 0.25) is 0 Å². The SMILES string of the molecule is Nc1cnn2c1CS(=O)(=O)CC2. The summed E-state index contributed by atoms with van der Waals surface area (Å²) in [5.41, 5.74) is 6.63. The minimum Gasteiger partial charge on any atom is -0.396 e. The van der Waals surface area contributed by atoms with Gasteiger partial charge in [0.1, 0.15) is 0 Å². The van der Waals surface area contributed by atoms with Crippen LogP contribution in [0.2, 0.25) is 0 Å². The lowest BCUT2D eigenvalue weighted by atomic mass is 10.4. The molecule has 5 nitrogen and oxygen atoms in total. The zero-order chi connectivity index (χ0) is 8.77. The van der Waals surface area contributed by atoms with E-state index < -0.39 is 9.84 Å². The van der Waals surface area contributed by atoms with E-state index in [9.17, 15) is 8.42 Å². The highest BCUT2D eigenvalue weighted by atomic mass is 32.2. The molecule has 0 saturated heterocycles. The minimum atomic E-state index is -2.93. The number of fused-ring (bicyclic) bond motifs is 1. The van der Waals surface area contributed by atoms with Crippen molar-refractivity contribution in [2.24, 2.45) is 0 Å². The average Bonchev–Trinajstić information content (AvgIpc) is 2.31. The number of aryl methyl sites for hydroxylation is 1.